The maximum atomic E-state index is 3.79. The van der Waals surface area contributed by atoms with Gasteiger partial charge in [-0.25, -0.2) is 0 Å². The van der Waals surface area contributed by atoms with E-state index in [0.29, 0.717) is 11.1 Å². The predicted molar refractivity (Wildman–Crippen MR) is 67.6 cm³/mol. The van der Waals surface area contributed by atoms with Crippen LogP contribution in [0.5, 0.6) is 0 Å². The van der Waals surface area contributed by atoms with Crippen molar-refractivity contribution in [3.63, 3.8) is 0 Å². The van der Waals surface area contributed by atoms with Crippen LogP contribution >= 0.6 is 0 Å². The van der Waals surface area contributed by atoms with Crippen LogP contribution in [0.3, 0.4) is 0 Å². The van der Waals surface area contributed by atoms with E-state index in [9.17, 15) is 0 Å². The summed E-state index contributed by atoms with van der Waals surface area (Å²) in [7, 11) is 0. The Kier molecular flexibility index (Phi) is 2.56. The van der Waals surface area contributed by atoms with Crippen molar-refractivity contribution in [1.29, 1.82) is 0 Å². The fraction of sp³-hybridized carbons (Fsp3) is 1.00. The topological polar surface area (TPSA) is 15.3 Å². The molecule has 0 aromatic rings. The Labute approximate surface area is 99.8 Å². The molecule has 16 heavy (non-hydrogen) atoms. The van der Waals surface area contributed by atoms with Gasteiger partial charge < -0.3 is 5.32 Å². The highest BCUT2D eigenvalue weighted by Gasteiger charge is 2.47. The molecule has 0 radical (unpaired) electrons. The minimum absolute atomic E-state index is 0.420. The number of hydrogen-bond donors (Lipinski definition) is 1. The predicted octanol–water partition coefficient (Wildman–Crippen LogP) is 2.39. The van der Waals surface area contributed by atoms with Crippen molar-refractivity contribution >= 4 is 0 Å². The van der Waals surface area contributed by atoms with E-state index in [1.807, 2.05) is 0 Å². The largest absolute Gasteiger partial charge is 0.309 e. The second-order valence-electron chi connectivity index (χ2n) is 6.74. The molecule has 3 aliphatic rings. The van der Waals surface area contributed by atoms with E-state index >= 15 is 0 Å². The van der Waals surface area contributed by atoms with Crippen molar-refractivity contribution in [3.05, 3.63) is 0 Å². The second kappa shape index (κ2) is 3.71. The van der Waals surface area contributed by atoms with E-state index in [2.05, 4.69) is 24.1 Å². The summed E-state index contributed by atoms with van der Waals surface area (Å²) in [5.41, 5.74) is 0.947. The summed E-state index contributed by atoms with van der Waals surface area (Å²) >= 11 is 0. The van der Waals surface area contributed by atoms with Crippen molar-refractivity contribution < 1.29 is 0 Å². The Hall–Kier alpha value is -0.0800. The standard InChI is InChI=1S/C14H26N2/c1-13(7-3-4-8-13)16-10-9-15-14(2,11-16)12-5-6-12/h12,15H,3-11H2,1-2H3. The number of nitrogens with zero attached hydrogens (tertiary/aromatic N) is 1. The van der Waals surface area contributed by atoms with Crippen molar-refractivity contribution in [1.82, 2.24) is 10.2 Å². The molecule has 0 aromatic carbocycles. The lowest BCUT2D eigenvalue weighted by Gasteiger charge is -2.49. The number of piperazine rings is 1. The summed E-state index contributed by atoms with van der Waals surface area (Å²) in [6.45, 7) is 8.70. The van der Waals surface area contributed by atoms with Crippen LogP contribution in [0, 0.1) is 5.92 Å². The highest BCUT2D eigenvalue weighted by atomic mass is 15.3. The average Bonchev–Trinajstić information content (AvgIpc) is 3.03. The molecule has 0 amide bonds. The van der Waals surface area contributed by atoms with E-state index in [0.717, 1.165) is 5.92 Å². The highest BCUT2D eigenvalue weighted by Crippen LogP contribution is 2.43. The van der Waals surface area contributed by atoms with Crippen LogP contribution in [-0.2, 0) is 0 Å². The zero-order valence-corrected chi connectivity index (χ0v) is 10.9. The van der Waals surface area contributed by atoms with E-state index in [4.69, 9.17) is 0 Å². The van der Waals surface area contributed by atoms with Crippen LogP contribution in [0.15, 0.2) is 0 Å². The van der Waals surface area contributed by atoms with E-state index in [1.165, 1.54) is 58.2 Å². The van der Waals surface area contributed by atoms with Gasteiger partial charge in [0.25, 0.3) is 0 Å². The SMILES string of the molecule is CC1(C2CC2)CN(C2(C)CCCC2)CCN1. The Morgan fingerprint density at radius 3 is 2.44 bits per heavy atom. The summed E-state index contributed by atoms with van der Waals surface area (Å²) in [6, 6.07) is 0. The number of nitrogens with one attached hydrogen (secondary N) is 1. The first-order chi connectivity index (χ1) is 7.62. The first-order valence-electron chi connectivity index (χ1n) is 7.13. The lowest BCUT2D eigenvalue weighted by Crippen LogP contribution is -2.64. The molecule has 0 bridgehead atoms. The third-order valence-corrected chi connectivity index (χ3v) is 5.35. The summed E-state index contributed by atoms with van der Waals surface area (Å²) < 4.78 is 0. The molecule has 0 aromatic heterocycles. The Balaban J connectivity index is 1.71. The van der Waals surface area contributed by atoms with E-state index in [1.54, 1.807) is 0 Å². The van der Waals surface area contributed by atoms with Crippen LogP contribution in [0.4, 0.5) is 0 Å². The van der Waals surface area contributed by atoms with Crippen molar-refractivity contribution in [2.45, 2.75) is 63.5 Å². The lowest BCUT2D eigenvalue weighted by atomic mass is 9.88. The zero-order chi connectivity index (χ0) is 11.2. The van der Waals surface area contributed by atoms with Gasteiger partial charge in [-0.1, -0.05) is 12.8 Å². The molecule has 3 fully saturated rings. The van der Waals surface area contributed by atoms with Gasteiger partial charge in [0, 0.05) is 30.7 Å². The third-order valence-electron chi connectivity index (χ3n) is 5.35. The quantitative estimate of drug-likeness (QED) is 0.772. The fourth-order valence-electron chi connectivity index (χ4n) is 3.92. The van der Waals surface area contributed by atoms with Gasteiger partial charge in [0.15, 0.2) is 0 Å². The number of hydrogen-bond acceptors (Lipinski definition) is 2. The van der Waals surface area contributed by atoms with Gasteiger partial charge in [-0.2, -0.15) is 0 Å². The average molecular weight is 222 g/mol. The Morgan fingerprint density at radius 1 is 1.12 bits per heavy atom. The molecule has 1 heterocycles. The minimum atomic E-state index is 0.420. The Bertz CT molecular complexity index is 266. The molecular weight excluding hydrogens is 196 g/mol. The van der Waals surface area contributed by atoms with Gasteiger partial charge in [-0.3, -0.25) is 4.90 Å². The molecule has 1 unspecified atom stereocenters. The maximum absolute atomic E-state index is 3.79. The molecule has 1 aliphatic heterocycles. The molecule has 92 valence electrons. The Morgan fingerprint density at radius 2 is 1.81 bits per heavy atom. The first kappa shape index (κ1) is 11.0. The van der Waals surface area contributed by atoms with Crippen molar-refractivity contribution in [3.8, 4) is 0 Å². The summed E-state index contributed by atoms with van der Waals surface area (Å²) in [5.74, 6) is 0.959. The lowest BCUT2D eigenvalue weighted by molar-refractivity contribution is 0.0366. The molecule has 3 rings (SSSR count). The van der Waals surface area contributed by atoms with Gasteiger partial charge in [0.2, 0.25) is 0 Å². The molecule has 2 heteroatoms. The van der Waals surface area contributed by atoms with Gasteiger partial charge >= 0.3 is 0 Å². The monoisotopic (exact) mass is 222 g/mol. The summed E-state index contributed by atoms with van der Waals surface area (Å²) in [5, 5.41) is 3.79. The summed E-state index contributed by atoms with van der Waals surface area (Å²) in [6.07, 6.45) is 8.64. The van der Waals surface area contributed by atoms with Crippen LogP contribution in [0.1, 0.15) is 52.4 Å². The summed E-state index contributed by atoms with van der Waals surface area (Å²) in [4.78, 5) is 2.80. The molecule has 1 N–H and O–H groups in total. The van der Waals surface area contributed by atoms with E-state index < -0.39 is 0 Å². The van der Waals surface area contributed by atoms with Crippen molar-refractivity contribution in [2.75, 3.05) is 19.6 Å². The van der Waals surface area contributed by atoms with Crippen LogP contribution in [0.2, 0.25) is 0 Å². The highest BCUT2D eigenvalue weighted by molar-refractivity contribution is 5.05. The molecular formula is C14H26N2. The zero-order valence-electron chi connectivity index (χ0n) is 10.9. The van der Waals surface area contributed by atoms with Crippen molar-refractivity contribution in [2.24, 2.45) is 5.92 Å². The van der Waals surface area contributed by atoms with Crippen LogP contribution in [0.25, 0.3) is 0 Å². The molecule has 1 atom stereocenters. The number of rotatable bonds is 2. The van der Waals surface area contributed by atoms with Gasteiger partial charge in [-0.15, -0.1) is 0 Å². The maximum Gasteiger partial charge on any atom is 0.0309 e. The molecule has 0 spiro atoms. The fourth-order valence-corrected chi connectivity index (χ4v) is 3.92. The van der Waals surface area contributed by atoms with Gasteiger partial charge in [-0.05, 0) is 45.4 Å². The normalized spacial score (nSPS) is 40.1. The van der Waals surface area contributed by atoms with Crippen LogP contribution < -0.4 is 5.32 Å². The van der Waals surface area contributed by atoms with Gasteiger partial charge in [0.1, 0.15) is 0 Å². The first-order valence-corrected chi connectivity index (χ1v) is 7.13. The molecule has 2 nitrogen and oxygen atoms in total. The minimum Gasteiger partial charge on any atom is -0.309 e. The van der Waals surface area contributed by atoms with E-state index in [-0.39, 0.29) is 0 Å². The smallest absolute Gasteiger partial charge is 0.0309 e. The molecule has 2 saturated carbocycles. The second-order valence-corrected chi connectivity index (χ2v) is 6.74. The van der Waals surface area contributed by atoms with Gasteiger partial charge in [0.05, 0.1) is 0 Å². The molecule has 2 aliphatic carbocycles. The molecule has 1 saturated heterocycles. The van der Waals surface area contributed by atoms with Crippen LogP contribution in [-0.4, -0.2) is 35.6 Å². The third kappa shape index (κ3) is 1.80.